The molecule has 9 heteroatoms. The van der Waals surface area contributed by atoms with Gasteiger partial charge in [0.25, 0.3) is 0 Å². The van der Waals surface area contributed by atoms with Crippen molar-refractivity contribution in [3.63, 3.8) is 0 Å². The summed E-state index contributed by atoms with van der Waals surface area (Å²) in [5.74, 6) is -1.24. The Hall–Kier alpha value is -2.29. The number of aliphatic carboxylic acids is 1. The first-order valence-corrected chi connectivity index (χ1v) is 10.5. The molecule has 0 saturated heterocycles. The van der Waals surface area contributed by atoms with Crippen molar-refractivity contribution in [3.05, 3.63) is 18.2 Å². The second kappa shape index (κ2) is 9.07. The quantitative estimate of drug-likeness (QED) is 0.682. The normalized spacial score (nSPS) is 15.1. The van der Waals surface area contributed by atoms with E-state index in [1.54, 1.807) is 0 Å². The zero-order valence-electron chi connectivity index (χ0n) is 15.4. The minimum atomic E-state index is -3.72. The van der Waals surface area contributed by atoms with Crippen LogP contribution in [0.5, 0.6) is 11.5 Å². The third-order valence-corrected chi connectivity index (χ3v) is 5.73. The molecule has 1 amide bonds. The Morgan fingerprint density at radius 3 is 2.48 bits per heavy atom. The molecule has 0 fully saturated rings. The second-order valence-electron chi connectivity index (χ2n) is 6.82. The highest BCUT2D eigenvalue weighted by atomic mass is 32.2. The molecule has 8 nitrogen and oxygen atoms in total. The van der Waals surface area contributed by atoms with Gasteiger partial charge in [-0.3, -0.25) is 4.79 Å². The fraction of sp³-hybridized carbons (Fsp3) is 0.556. The molecule has 1 aromatic rings. The Balaban J connectivity index is 2.00. The van der Waals surface area contributed by atoms with Crippen LogP contribution in [0, 0.1) is 5.92 Å². The van der Waals surface area contributed by atoms with Crippen molar-refractivity contribution in [1.82, 2.24) is 5.32 Å². The molecule has 1 heterocycles. The third kappa shape index (κ3) is 6.13. The number of hydrogen-bond donors (Lipinski definition) is 2. The van der Waals surface area contributed by atoms with Crippen LogP contribution in [0.4, 0.5) is 0 Å². The number of hydrogen-bond acceptors (Lipinski definition) is 6. The molecule has 0 spiro atoms. The molecule has 1 aliphatic heterocycles. The lowest BCUT2D eigenvalue weighted by Gasteiger charge is -2.16. The number of nitrogens with one attached hydrogen (secondary N) is 1. The molecule has 0 bridgehead atoms. The fourth-order valence-electron chi connectivity index (χ4n) is 2.64. The minimum absolute atomic E-state index is 0.0384. The Morgan fingerprint density at radius 1 is 1.19 bits per heavy atom. The van der Waals surface area contributed by atoms with E-state index in [0.717, 1.165) is 0 Å². The van der Waals surface area contributed by atoms with Gasteiger partial charge in [0.1, 0.15) is 6.04 Å². The zero-order chi connectivity index (χ0) is 20.0. The second-order valence-corrected chi connectivity index (χ2v) is 8.92. The molecule has 1 atom stereocenters. The monoisotopic (exact) mass is 399 g/mol. The SMILES string of the molecule is CC(C)CC(NC(=O)CCS(=O)(=O)c1ccc2c(c1)OCCCO2)C(=O)O. The van der Waals surface area contributed by atoms with E-state index in [4.69, 9.17) is 14.6 Å². The van der Waals surface area contributed by atoms with Crippen LogP contribution in [0.3, 0.4) is 0 Å². The highest BCUT2D eigenvalue weighted by Crippen LogP contribution is 2.32. The highest BCUT2D eigenvalue weighted by Gasteiger charge is 2.24. The molecule has 1 unspecified atom stereocenters. The molecule has 150 valence electrons. The van der Waals surface area contributed by atoms with Crippen molar-refractivity contribution < 1.29 is 32.6 Å². The van der Waals surface area contributed by atoms with Gasteiger partial charge < -0.3 is 19.9 Å². The maximum absolute atomic E-state index is 12.5. The molecule has 0 aliphatic carbocycles. The van der Waals surface area contributed by atoms with Gasteiger partial charge in [0.15, 0.2) is 21.3 Å². The lowest BCUT2D eigenvalue weighted by atomic mass is 10.0. The van der Waals surface area contributed by atoms with Gasteiger partial charge in [-0.05, 0) is 24.5 Å². The first-order chi connectivity index (χ1) is 12.7. The summed E-state index contributed by atoms with van der Waals surface area (Å²) in [6, 6.07) is 3.32. The summed E-state index contributed by atoms with van der Waals surface area (Å²) < 4.78 is 36.0. The number of rotatable bonds is 8. The van der Waals surface area contributed by atoms with Crippen LogP contribution in [-0.4, -0.2) is 50.4 Å². The van der Waals surface area contributed by atoms with Gasteiger partial charge in [0, 0.05) is 18.9 Å². The molecule has 2 N–H and O–H groups in total. The van der Waals surface area contributed by atoms with Crippen LogP contribution >= 0.6 is 0 Å². The number of fused-ring (bicyclic) bond motifs is 1. The lowest BCUT2D eigenvalue weighted by Crippen LogP contribution is -2.42. The summed E-state index contributed by atoms with van der Waals surface area (Å²) >= 11 is 0. The number of ether oxygens (including phenoxy) is 2. The lowest BCUT2D eigenvalue weighted by molar-refractivity contribution is -0.142. The van der Waals surface area contributed by atoms with Crippen molar-refractivity contribution in [1.29, 1.82) is 0 Å². The van der Waals surface area contributed by atoms with E-state index in [2.05, 4.69) is 5.32 Å². The average Bonchev–Trinajstić information content (AvgIpc) is 2.83. The molecule has 1 aromatic carbocycles. The van der Waals surface area contributed by atoms with Gasteiger partial charge in [-0.15, -0.1) is 0 Å². The topological polar surface area (TPSA) is 119 Å². The minimum Gasteiger partial charge on any atom is -0.490 e. The van der Waals surface area contributed by atoms with E-state index in [9.17, 15) is 18.0 Å². The maximum Gasteiger partial charge on any atom is 0.326 e. The van der Waals surface area contributed by atoms with E-state index in [0.29, 0.717) is 31.1 Å². The molecule has 0 saturated carbocycles. The van der Waals surface area contributed by atoms with Gasteiger partial charge in [0.2, 0.25) is 5.91 Å². The Morgan fingerprint density at radius 2 is 1.85 bits per heavy atom. The first-order valence-electron chi connectivity index (χ1n) is 8.83. The van der Waals surface area contributed by atoms with Crippen molar-refractivity contribution in [2.75, 3.05) is 19.0 Å². The number of carbonyl (C=O) groups excluding carboxylic acids is 1. The molecule has 2 rings (SSSR count). The predicted octanol–water partition coefficient (Wildman–Crippen LogP) is 1.63. The number of sulfone groups is 1. The van der Waals surface area contributed by atoms with Gasteiger partial charge in [-0.2, -0.15) is 0 Å². The van der Waals surface area contributed by atoms with E-state index in [-0.39, 0.29) is 23.7 Å². The maximum atomic E-state index is 12.5. The molecule has 1 aliphatic rings. The summed E-state index contributed by atoms with van der Waals surface area (Å²) in [6.45, 7) is 4.62. The smallest absolute Gasteiger partial charge is 0.326 e. The van der Waals surface area contributed by atoms with Gasteiger partial charge in [-0.1, -0.05) is 13.8 Å². The summed E-state index contributed by atoms with van der Waals surface area (Å²) in [6.07, 6.45) is 0.659. The summed E-state index contributed by atoms with van der Waals surface area (Å²) in [5.41, 5.74) is 0. The van der Waals surface area contributed by atoms with Crippen molar-refractivity contribution in [2.24, 2.45) is 5.92 Å². The Bertz CT molecular complexity index is 789. The van der Waals surface area contributed by atoms with Crippen molar-refractivity contribution in [2.45, 2.75) is 44.0 Å². The molecule has 0 radical (unpaired) electrons. The zero-order valence-corrected chi connectivity index (χ0v) is 16.3. The van der Waals surface area contributed by atoms with Gasteiger partial charge in [-0.25, -0.2) is 13.2 Å². The van der Waals surface area contributed by atoms with Gasteiger partial charge in [0.05, 0.1) is 23.9 Å². The van der Waals surface area contributed by atoms with E-state index in [1.165, 1.54) is 18.2 Å². The summed E-state index contributed by atoms with van der Waals surface area (Å²) in [5, 5.41) is 11.5. The highest BCUT2D eigenvalue weighted by molar-refractivity contribution is 7.91. The fourth-order valence-corrected chi connectivity index (χ4v) is 3.89. The largest absolute Gasteiger partial charge is 0.490 e. The Kier molecular flexibility index (Phi) is 7.06. The van der Waals surface area contributed by atoms with Crippen LogP contribution in [0.25, 0.3) is 0 Å². The number of carbonyl (C=O) groups is 2. The van der Waals surface area contributed by atoms with Crippen LogP contribution in [-0.2, 0) is 19.4 Å². The molecular weight excluding hydrogens is 374 g/mol. The molecule has 27 heavy (non-hydrogen) atoms. The van der Waals surface area contributed by atoms with E-state index in [1.807, 2.05) is 13.8 Å². The van der Waals surface area contributed by atoms with Crippen molar-refractivity contribution in [3.8, 4) is 11.5 Å². The van der Waals surface area contributed by atoms with E-state index >= 15 is 0 Å². The summed E-state index contributed by atoms with van der Waals surface area (Å²) in [4.78, 5) is 23.2. The predicted molar refractivity (Wildman–Crippen MR) is 97.7 cm³/mol. The van der Waals surface area contributed by atoms with Crippen LogP contribution in [0.15, 0.2) is 23.1 Å². The number of amides is 1. The third-order valence-electron chi connectivity index (χ3n) is 4.02. The van der Waals surface area contributed by atoms with Crippen LogP contribution < -0.4 is 14.8 Å². The number of benzene rings is 1. The van der Waals surface area contributed by atoms with Crippen LogP contribution in [0.2, 0.25) is 0 Å². The molecule has 0 aromatic heterocycles. The Labute approximate surface area is 158 Å². The average molecular weight is 399 g/mol. The van der Waals surface area contributed by atoms with Crippen LogP contribution in [0.1, 0.15) is 33.1 Å². The first kappa shape index (κ1) is 21.0. The summed E-state index contributed by atoms with van der Waals surface area (Å²) in [7, 11) is -3.72. The number of carboxylic acids is 1. The number of carboxylic acid groups (broad SMARTS) is 1. The molecular formula is C18H25NO7S. The van der Waals surface area contributed by atoms with E-state index < -0.39 is 33.5 Å². The standard InChI is InChI=1S/C18H25NO7S/c1-12(2)10-14(18(21)22)19-17(20)6-9-27(23,24)13-4-5-15-16(11-13)26-8-3-7-25-15/h4-5,11-12,14H,3,6-10H2,1-2H3,(H,19,20)(H,21,22). The van der Waals surface area contributed by atoms with Crippen molar-refractivity contribution >= 4 is 21.7 Å². The van der Waals surface area contributed by atoms with Gasteiger partial charge >= 0.3 is 5.97 Å².